The van der Waals surface area contributed by atoms with E-state index < -0.39 is 29.3 Å². The first-order valence-electron chi connectivity index (χ1n) is 9.26. The highest BCUT2D eigenvalue weighted by Gasteiger charge is 2.41. The van der Waals surface area contributed by atoms with Crippen LogP contribution in [-0.2, 0) is 0 Å². The molecule has 4 aromatic rings. The van der Waals surface area contributed by atoms with E-state index in [4.69, 9.17) is 0 Å². The first kappa shape index (κ1) is 19.0. The zero-order chi connectivity index (χ0) is 22.0. The van der Waals surface area contributed by atoms with Crippen LogP contribution in [0.4, 0.5) is 18.9 Å². The zero-order valence-corrected chi connectivity index (χ0v) is 16.3. The number of aryl methyl sites for hydroxylation is 2. The normalized spacial score (nSPS) is 13.4. The molecule has 0 unspecified atom stereocenters. The Balaban J connectivity index is 1.73. The first-order chi connectivity index (χ1) is 14.8. The van der Waals surface area contributed by atoms with E-state index in [9.17, 15) is 22.8 Å². The summed E-state index contributed by atoms with van der Waals surface area (Å²) < 4.78 is 43.3. The molecule has 3 heterocycles. The van der Waals surface area contributed by atoms with Crippen molar-refractivity contribution in [2.24, 2.45) is 0 Å². The number of rotatable bonds is 2. The van der Waals surface area contributed by atoms with Gasteiger partial charge in [0.2, 0.25) is 0 Å². The predicted octanol–water partition coefficient (Wildman–Crippen LogP) is 4.26. The molecule has 6 nitrogen and oxygen atoms in total. The standard InChI is InChI=1S/C22H13F3N4O2/c1-10-3-5-16(14(24)7-10)28-21(30)13-9-26-20-18(19(13)22(28)31)11(2)27-29(20)17-6-4-12(23)8-15(17)25/h3-9H,1-2H3. The molecule has 0 fully saturated rings. The highest BCUT2D eigenvalue weighted by atomic mass is 19.1. The molecule has 31 heavy (non-hydrogen) atoms. The second kappa shape index (κ2) is 6.49. The van der Waals surface area contributed by atoms with E-state index >= 15 is 0 Å². The lowest BCUT2D eigenvalue weighted by Gasteiger charge is -2.15. The van der Waals surface area contributed by atoms with Crippen LogP contribution in [0.2, 0.25) is 0 Å². The monoisotopic (exact) mass is 422 g/mol. The van der Waals surface area contributed by atoms with Gasteiger partial charge in [-0.1, -0.05) is 6.07 Å². The SMILES string of the molecule is Cc1ccc(N2C(=O)c3cnc4c(c(C)nn4-c4ccc(F)cc4F)c3C2=O)c(F)c1. The molecule has 2 amide bonds. The minimum Gasteiger partial charge on any atom is -0.268 e. The minimum atomic E-state index is -0.863. The van der Waals surface area contributed by atoms with Crippen LogP contribution in [0, 0.1) is 31.3 Å². The molecular formula is C22H13F3N4O2. The van der Waals surface area contributed by atoms with Crippen LogP contribution in [0.1, 0.15) is 32.0 Å². The quantitative estimate of drug-likeness (QED) is 0.453. The topological polar surface area (TPSA) is 68.1 Å². The van der Waals surface area contributed by atoms with Crippen LogP contribution >= 0.6 is 0 Å². The van der Waals surface area contributed by atoms with Crippen LogP contribution < -0.4 is 4.90 Å². The number of carbonyl (C=O) groups excluding carboxylic acids is 2. The fourth-order valence-corrected chi connectivity index (χ4v) is 3.79. The highest BCUT2D eigenvalue weighted by Crippen LogP contribution is 2.35. The molecule has 0 saturated heterocycles. The smallest absolute Gasteiger partial charge is 0.267 e. The van der Waals surface area contributed by atoms with E-state index in [-0.39, 0.29) is 33.5 Å². The second-order valence-corrected chi connectivity index (χ2v) is 7.24. The Morgan fingerprint density at radius 3 is 2.29 bits per heavy atom. The molecule has 0 bridgehead atoms. The molecule has 1 aliphatic heterocycles. The molecule has 0 N–H and O–H groups in total. The number of nitrogens with zero attached hydrogens (tertiary/aromatic N) is 4. The molecule has 0 spiro atoms. The Morgan fingerprint density at radius 2 is 1.58 bits per heavy atom. The summed E-state index contributed by atoms with van der Waals surface area (Å²) in [7, 11) is 0. The summed E-state index contributed by atoms with van der Waals surface area (Å²) in [6.45, 7) is 3.27. The average Bonchev–Trinajstić information content (AvgIpc) is 3.17. The minimum absolute atomic E-state index is 0.000275. The molecule has 9 heteroatoms. The molecule has 5 rings (SSSR count). The third-order valence-electron chi connectivity index (χ3n) is 5.20. The van der Waals surface area contributed by atoms with Gasteiger partial charge in [-0.2, -0.15) is 5.10 Å². The first-order valence-corrected chi connectivity index (χ1v) is 9.26. The summed E-state index contributed by atoms with van der Waals surface area (Å²) in [5, 5.41) is 4.50. The highest BCUT2D eigenvalue weighted by molar-refractivity contribution is 6.37. The van der Waals surface area contributed by atoms with E-state index in [0.717, 1.165) is 15.6 Å². The van der Waals surface area contributed by atoms with Crippen LogP contribution in [0.15, 0.2) is 42.6 Å². The number of carbonyl (C=O) groups is 2. The Hall–Kier alpha value is -4.01. The number of hydrogen-bond acceptors (Lipinski definition) is 4. The van der Waals surface area contributed by atoms with Crippen LogP contribution in [0.5, 0.6) is 0 Å². The third kappa shape index (κ3) is 2.66. The number of aromatic nitrogens is 3. The van der Waals surface area contributed by atoms with Crippen molar-refractivity contribution >= 4 is 28.5 Å². The number of halogens is 3. The molecule has 0 radical (unpaired) electrons. The Labute approximate surface area is 173 Å². The van der Waals surface area contributed by atoms with Crippen LogP contribution in [0.3, 0.4) is 0 Å². The maximum absolute atomic E-state index is 14.5. The average molecular weight is 422 g/mol. The van der Waals surface area contributed by atoms with Gasteiger partial charge in [0.15, 0.2) is 11.5 Å². The number of hydrogen-bond donors (Lipinski definition) is 0. The van der Waals surface area contributed by atoms with Crippen LogP contribution in [0.25, 0.3) is 16.7 Å². The van der Waals surface area contributed by atoms with Crippen LogP contribution in [-0.4, -0.2) is 26.6 Å². The maximum atomic E-state index is 14.5. The van der Waals surface area contributed by atoms with Gasteiger partial charge in [0, 0.05) is 12.3 Å². The van der Waals surface area contributed by atoms with Gasteiger partial charge in [-0.15, -0.1) is 0 Å². The van der Waals surface area contributed by atoms with E-state index in [1.807, 2.05) is 0 Å². The van der Waals surface area contributed by atoms with Crippen molar-refractivity contribution in [1.29, 1.82) is 0 Å². The van der Waals surface area contributed by atoms with Gasteiger partial charge >= 0.3 is 0 Å². The number of imide groups is 1. The summed E-state index contributed by atoms with van der Waals surface area (Å²) in [4.78, 5) is 31.1. The van der Waals surface area contributed by atoms with Crippen molar-refractivity contribution < 1.29 is 22.8 Å². The lowest BCUT2D eigenvalue weighted by Crippen LogP contribution is -2.30. The Morgan fingerprint density at radius 1 is 0.871 bits per heavy atom. The molecule has 1 aliphatic rings. The summed E-state index contributed by atoms with van der Waals surface area (Å²) in [5.41, 5.74) is 0.857. The molecule has 2 aromatic heterocycles. The molecular weight excluding hydrogens is 409 g/mol. The largest absolute Gasteiger partial charge is 0.268 e. The van der Waals surface area contributed by atoms with Gasteiger partial charge in [-0.3, -0.25) is 9.59 Å². The van der Waals surface area contributed by atoms with Gasteiger partial charge in [0.05, 0.1) is 27.9 Å². The van der Waals surface area contributed by atoms with Gasteiger partial charge in [-0.05, 0) is 43.7 Å². The fraction of sp³-hybridized carbons (Fsp3) is 0.0909. The molecule has 0 saturated carbocycles. The molecule has 0 aliphatic carbocycles. The summed E-state index contributed by atoms with van der Waals surface area (Å²) in [6, 6.07) is 7.17. The summed E-state index contributed by atoms with van der Waals surface area (Å²) in [6.07, 6.45) is 1.18. The van der Waals surface area contributed by atoms with Gasteiger partial charge < -0.3 is 0 Å². The van der Waals surface area contributed by atoms with Crippen molar-refractivity contribution in [1.82, 2.24) is 14.8 Å². The van der Waals surface area contributed by atoms with Crippen molar-refractivity contribution in [3.05, 3.63) is 82.4 Å². The summed E-state index contributed by atoms with van der Waals surface area (Å²) in [5.74, 6) is -3.76. The van der Waals surface area contributed by atoms with E-state index in [2.05, 4.69) is 10.1 Å². The lowest BCUT2D eigenvalue weighted by molar-refractivity contribution is 0.0925. The van der Waals surface area contributed by atoms with Crippen molar-refractivity contribution in [3.63, 3.8) is 0 Å². The predicted molar refractivity (Wildman–Crippen MR) is 106 cm³/mol. The van der Waals surface area contributed by atoms with Crippen molar-refractivity contribution in [3.8, 4) is 5.69 Å². The Bertz CT molecular complexity index is 1440. The fourth-order valence-electron chi connectivity index (χ4n) is 3.79. The van der Waals surface area contributed by atoms with Gasteiger partial charge in [0.1, 0.15) is 17.3 Å². The maximum Gasteiger partial charge on any atom is 0.267 e. The second-order valence-electron chi connectivity index (χ2n) is 7.24. The van der Waals surface area contributed by atoms with Gasteiger partial charge in [-0.25, -0.2) is 27.7 Å². The number of anilines is 1. The number of pyridine rings is 1. The number of amides is 2. The van der Waals surface area contributed by atoms with E-state index in [1.165, 1.54) is 24.4 Å². The van der Waals surface area contributed by atoms with Gasteiger partial charge in [0.25, 0.3) is 11.8 Å². The number of fused-ring (bicyclic) bond motifs is 3. The number of benzene rings is 2. The van der Waals surface area contributed by atoms with E-state index in [0.29, 0.717) is 17.3 Å². The van der Waals surface area contributed by atoms with Crippen molar-refractivity contribution in [2.75, 3.05) is 4.90 Å². The molecule has 154 valence electrons. The molecule has 0 atom stereocenters. The molecule has 2 aromatic carbocycles. The lowest BCUT2D eigenvalue weighted by atomic mass is 10.1. The Kier molecular flexibility index (Phi) is 3.98. The zero-order valence-electron chi connectivity index (χ0n) is 16.3. The third-order valence-corrected chi connectivity index (χ3v) is 5.20. The van der Waals surface area contributed by atoms with E-state index in [1.54, 1.807) is 19.9 Å². The van der Waals surface area contributed by atoms with Crippen molar-refractivity contribution in [2.45, 2.75) is 13.8 Å². The summed E-state index contributed by atoms with van der Waals surface area (Å²) >= 11 is 0.